The largest absolute Gasteiger partial charge is 0.335 e. The molecule has 1 unspecified atom stereocenters. The van der Waals surface area contributed by atoms with Gasteiger partial charge < -0.3 is 4.90 Å². The number of carbonyl (C=O) groups excluding carboxylic acids is 1. The molecule has 15 heavy (non-hydrogen) atoms. The van der Waals surface area contributed by atoms with Crippen LogP contribution in [0.1, 0.15) is 35.2 Å². The summed E-state index contributed by atoms with van der Waals surface area (Å²) in [4.78, 5) is 14.3. The smallest absolute Gasteiger partial charge is 0.254 e. The highest BCUT2D eigenvalue weighted by Gasteiger charge is 2.33. The Morgan fingerprint density at radius 2 is 2.07 bits per heavy atom. The Balaban J connectivity index is 2.02. The van der Waals surface area contributed by atoms with E-state index < -0.39 is 0 Å². The minimum absolute atomic E-state index is 0.251. The van der Waals surface area contributed by atoms with Crippen LogP contribution in [-0.4, -0.2) is 23.4 Å². The summed E-state index contributed by atoms with van der Waals surface area (Å²) >= 11 is 0. The first kappa shape index (κ1) is 8.96. The molecule has 2 heteroatoms. The molecule has 1 atom stereocenters. The van der Waals surface area contributed by atoms with E-state index in [1.54, 1.807) is 0 Å². The Kier molecular flexibility index (Phi) is 2.01. The molecule has 1 aromatic rings. The van der Waals surface area contributed by atoms with Gasteiger partial charge >= 0.3 is 0 Å². The van der Waals surface area contributed by atoms with E-state index in [0.717, 1.165) is 18.5 Å². The van der Waals surface area contributed by atoms with Crippen LogP contribution in [-0.2, 0) is 6.42 Å². The summed E-state index contributed by atoms with van der Waals surface area (Å²) in [6.45, 7) is 0.956. The van der Waals surface area contributed by atoms with Crippen LogP contribution in [0.15, 0.2) is 24.3 Å². The van der Waals surface area contributed by atoms with Crippen LogP contribution in [0, 0.1) is 0 Å². The average molecular weight is 201 g/mol. The van der Waals surface area contributed by atoms with Crippen molar-refractivity contribution < 1.29 is 4.79 Å². The third-order valence-corrected chi connectivity index (χ3v) is 3.59. The van der Waals surface area contributed by atoms with Crippen molar-refractivity contribution in [3.63, 3.8) is 0 Å². The third-order valence-electron chi connectivity index (χ3n) is 3.59. The molecule has 2 nitrogen and oxygen atoms in total. The Hall–Kier alpha value is -1.31. The maximum atomic E-state index is 12.2. The summed E-state index contributed by atoms with van der Waals surface area (Å²) in [5.41, 5.74) is 2.17. The Bertz CT molecular complexity index is 399. The molecule has 2 aliphatic rings. The van der Waals surface area contributed by atoms with Gasteiger partial charge in [0.2, 0.25) is 0 Å². The van der Waals surface area contributed by atoms with Crippen LogP contribution in [0.25, 0.3) is 0 Å². The second-order valence-corrected chi connectivity index (χ2v) is 4.51. The van der Waals surface area contributed by atoms with Crippen LogP contribution in [0.2, 0.25) is 0 Å². The first-order valence-electron chi connectivity index (χ1n) is 5.75. The molecular formula is C13H15NO. The van der Waals surface area contributed by atoms with E-state index in [-0.39, 0.29) is 5.91 Å². The lowest BCUT2D eigenvalue weighted by Gasteiger charge is -2.39. The van der Waals surface area contributed by atoms with E-state index in [2.05, 4.69) is 11.0 Å². The highest BCUT2D eigenvalue weighted by molar-refractivity contribution is 5.97. The third kappa shape index (κ3) is 1.36. The maximum absolute atomic E-state index is 12.2. The lowest BCUT2D eigenvalue weighted by Crippen LogP contribution is -2.48. The van der Waals surface area contributed by atoms with Crippen molar-refractivity contribution in [2.75, 3.05) is 6.54 Å². The molecular weight excluding hydrogens is 186 g/mol. The summed E-state index contributed by atoms with van der Waals surface area (Å²) in [5.74, 6) is 0.251. The summed E-state index contributed by atoms with van der Waals surface area (Å²) in [6, 6.07) is 8.52. The summed E-state index contributed by atoms with van der Waals surface area (Å²) in [6.07, 6.45) is 4.68. The second-order valence-electron chi connectivity index (χ2n) is 4.51. The minimum atomic E-state index is 0.251. The standard InChI is InChI=1S/C13H15NO/c15-13-12-7-2-1-5-10(12)9-11-6-3-4-8-14(11)13/h1-2,5,7,11H,3-4,6,8-9H2. The quantitative estimate of drug-likeness (QED) is 0.630. The van der Waals surface area contributed by atoms with Gasteiger partial charge in [0.25, 0.3) is 5.91 Å². The zero-order valence-corrected chi connectivity index (χ0v) is 8.78. The highest BCUT2D eigenvalue weighted by Crippen LogP contribution is 2.28. The van der Waals surface area contributed by atoms with E-state index >= 15 is 0 Å². The summed E-state index contributed by atoms with van der Waals surface area (Å²) in [7, 11) is 0. The van der Waals surface area contributed by atoms with Crippen LogP contribution >= 0.6 is 0 Å². The van der Waals surface area contributed by atoms with Gasteiger partial charge in [-0.25, -0.2) is 0 Å². The SMILES string of the molecule is O=C1c2ccccc2CC2CCCCN12. The van der Waals surface area contributed by atoms with Crippen LogP contribution in [0.5, 0.6) is 0 Å². The minimum Gasteiger partial charge on any atom is -0.335 e. The second kappa shape index (κ2) is 3.37. The first-order chi connectivity index (χ1) is 7.36. The summed E-state index contributed by atoms with van der Waals surface area (Å²) in [5, 5.41) is 0. The molecule has 0 aromatic heterocycles. The number of piperidine rings is 1. The van der Waals surface area contributed by atoms with Crippen molar-refractivity contribution in [1.29, 1.82) is 0 Å². The average Bonchev–Trinajstić information content (AvgIpc) is 2.30. The molecule has 0 spiro atoms. The topological polar surface area (TPSA) is 20.3 Å². The van der Waals surface area contributed by atoms with Crippen molar-refractivity contribution in [1.82, 2.24) is 4.90 Å². The fourth-order valence-electron chi connectivity index (χ4n) is 2.80. The maximum Gasteiger partial charge on any atom is 0.254 e. The molecule has 0 radical (unpaired) electrons. The predicted octanol–water partition coefficient (Wildman–Crippen LogP) is 2.24. The normalized spacial score (nSPS) is 24.7. The van der Waals surface area contributed by atoms with Crippen molar-refractivity contribution in [2.24, 2.45) is 0 Å². The van der Waals surface area contributed by atoms with Gasteiger partial charge in [0, 0.05) is 18.2 Å². The highest BCUT2D eigenvalue weighted by atomic mass is 16.2. The van der Waals surface area contributed by atoms with E-state index in [1.165, 1.54) is 24.8 Å². The zero-order chi connectivity index (χ0) is 10.3. The van der Waals surface area contributed by atoms with Gasteiger partial charge in [-0.2, -0.15) is 0 Å². The van der Waals surface area contributed by atoms with Crippen molar-refractivity contribution in [3.8, 4) is 0 Å². The lowest BCUT2D eigenvalue weighted by atomic mass is 9.88. The molecule has 1 amide bonds. The van der Waals surface area contributed by atoms with Gasteiger partial charge in [0.15, 0.2) is 0 Å². The van der Waals surface area contributed by atoms with E-state index in [9.17, 15) is 4.79 Å². The molecule has 1 saturated heterocycles. The van der Waals surface area contributed by atoms with E-state index in [1.807, 2.05) is 18.2 Å². The van der Waals surface area contributed by atoms with Gasteiger partial charge in [0.1, 0.15) is 0 Å². The number of carbonyl (C=O) groups is 1. The van der Waals surface area contributed by atoms with Gasteiger partial charge in [-0.05, 0) is 37.3 Å². The van der Waals surface area contributed by atoms with Crippen molar-refractivity contribution in [2.45, 2.75) is 31.7 Å². The van der Waals surface area contributed by atoms with E-state index in [0.29, 0.717) is 6.04 Å². The molecule has 0 bridgehead atoms. The van der Waals surface area contributed by atoms with Gasteiger partial charge in [-0.1, -0.05) is 18.2 Å². The number of rotatable bonds is 0. The molecule has 2 aliphatic heterocycles. The molecule has 0 N–H and O–H groups in total. The number of fused-ring (bicyclic) bond motifs is 2. The monoisotopic (exact) mass is 201 g/mol. The van der Waals surface area contributed by atoms with Gasteiger partial charge in [-0.3, -0.25) is 4.79 Å². The number of benzene rings is 1. The Morgan fingerprint density at radius 3 is 3.00 bits per heavy atom. The molecule has 2 heterocycles. The van der Waals surface area contributed by atoms with E-state index in [4.69, 9.17) is 0 Å². The zero-order valence-electron chi connectivity index (χ0n) is 8.78. The number of hydrogen-bond acceptors (Lipinski definition) is 1. The Morgan fingerprint density at radius 1 is 1.20 bits per heavy atom. The number of hydrogen-bond donors (Lipinski definition) is 0. The lowest BCUT2D eigenvalue weighted by molar-refractivity contribution is 0.0582. The molecule has 1 aromatic carbocycles. The molecule has 3 rings (SSSR count). The fourth-order valence-corrected chi connectivity index (χ4v) is 2.80. The van der Waals surface area contributed by atoms with Crippen LogP contribution < -0.4 is 0 Å². The number of amides is 1. The van der Waals surface area contributed by atoms with Gasteiger partial charge in [-0.15, -0.1) is 0 Å². The van der Waals surface area contributed by atoms with Gasteiger partial charge in [0.05, 0.1) is 0 Å². The van der Waals surface area contributed by atoms with Crippen LogP contribution in [0.3, 0.4) is 0 Å². The number of nitrogens with zero attached hydrogens (tertiary/aromatic N) is 1. The molecule has 0 saturated carbocycles. The first-order valence-corrected chi connectivity index (χ1v) is 5.75. The van der Waals surface area contributed by atoms with Crippen molar-refractivity contribution >= 4 is 5.91 Å². The van der Waals surface area contributed by atoms with Crippen LogP contribution in [0.4, 0.5) is 0 Å². The molecule has 78 valence electrons. The Labute approximate surface area is 89.9 Å². The molecule has 1 fully saturated rings. The van der Waals surface area contributed by atoms with Crippen molar-refractivity contribution in [3.05, 3.63) is 35.4 Å². The fraction of sp³-hybridized carbons (Fsp3) is 0.462. The molecule has 0 aliphatic carbocycles. The predicted molar refractivity (Wildman–Crippen MR) is 58.8 cm³/mol. The summed E-state index contributed by atoms with van der Waals surface area (Å²) < 4.78 is 0.